The molecule has 0 radical (unpaired) electrons. The number of aromatic hydroxyl groups is 1. The number of carbonyl (C=O) groups excluding carboxylic acids is 1. The summed E-state index contributed by atoms with van der Waals surface area (Å²) in [6.07, 6.45) is 1.32. The molecule has 27 heavy (non-hydrogen) atoms. The third-order valence-electron chi connectivity index (χ3n) is 5.04. The number of amides is 1. The second-order valence-corrected chi connectivity index (χ2v) is 7.82. The van der Waals surface area contributed by atoms with Gasteiger partial charge in [-0.1, -0.05) is 23.5 Å². The number of nitrogens with two attached hydrogens (primary N) is 1. The predicted molar refractivity (Wildman–Crippen MR) is 99.0 cm³/mol. The summed E-state index contributed by atoms with van der Waals surface area (Å²) in [5.74, 6) is -0.0862. The van der Waals surface area contributed by atoms with E-state index in [4.69, 9.17) is 5.73 Å². The van der Waals surface area contributed by atoms with Gasteiger partial charge in [-0.05, 0) is 50.6 Å². The molecule has 9 heteroatoms. The number of likely N-dealkylation sites (tertiary alicyclic amines) is 1. The van der Waals surface area contributed by atoms with Crippen molar-refractivity contribution in [2.24, 2.45) is 11.7 Å². The van der Waals surface area contributed by atoms with Gasteiger partial charge in [0.05, 0.1) is 10.9 Å². The van der Waals surface area contributed by atoms with Gasteiger partial charge in [-0.25, -0.2) is 9.37 Å². The first-order valence-electron chi connectivity index (χ1n) is 8.78. The summed E-state index contributed by atoms with van der Waals surface area (Å²) in [5, 5.41) is 15.0. The Balaban J connectivity index is 1.74. The SMILES string of the molecule is Cc1nc2sc([C@@H](c3ccc(F)cc3)N3CCC(C(N)=O)CC3)c(O)n2n1. The van der Waals surface area contributed by atoms with E-state index in [0.717, 1.165) is 5.56 Å². The van der Waals surface area contributed by atoms with Crippen LogP contribution in [0.3, 0.4) is 0 Å². The van der Waals surface area contributed by atoms with Crippen LogP contribution in [0.15, 0.2) is 24.3 Å². The second kappa shape index (κ2) is 6.90. The lowest BCUT2D eigenvalue weighted by atomic mass is 9.93. The van der Waals surface area contributed by atoms with E-state index in [9.17, 15) is 14.3 Å². The van der Waals surface area contributed by atoms with Crippen LogP contribution in [0.4, 0.5) is 4.39 Å². The van der Waals surface area contributed by atoms with Crippen molar-refractivity contribution in [3.8, 4) is 5.88 Å². The first-order valence-corrected chi connectivity index (χ1v) is 9.59. The van der Waals surface area contributed by atoms with Crippen molar-refractivity contribution in [1.82, 2.24) is 19.5 Å². The van der Waals surface area contributed by atoms with Gasteiger partial charge >= 0.3 is 0 Å². The molecule has 4 rings (SSSR count). The van der Waals surface area contributed by atoms with Crippen molar-refractivity contribution in [2.75, 3.05) is 13.1 Å². The lowest BCUT2D eigenvalue weighted by Gasteiger charge is -2.36. The van der Waals surface area contributed by atoms with E-state index in [1.165, 1.54) is 28.0 Å². The number of hydrogen-bond donors (Lipinski definition) is 2. The molecule has 2 aromatic heterocycles. The van der Waals surface area contributed by atoms with Gasteiger partial charge in [0, 0.05) is 5.92 Å². The minimum absolute atomic E-state index is 0.0435. The third kappa shape index (κ3) is 3.28. The van der Waals surface area contributed by atoms with Crippen molar-refractivity contribution in [2.45, 2.75) is 25.8 Å². The fourth-order valence-corrected chi connectivity index (χ4v) is 4.80. The van der Waals surface area contributed by atoms with Gasteiger partial charge in [0.25, 0.3) is 0 Å². The first-order chi connectivity index (χ1) is 12.9. The number of benzene rings is 1. The van der Waals surface area contributed by atoms with Gasteiger partial charge < -0.3 is 10.8 Å². The van der Waals surface area contributed by atoms with Crippen molar-refractivity contribution in [3.05, 3.63) is 46.3 Å². The number of nitrogens with zero attached hydrogens (tertiary/aromatic N) is 4. The number of carbonyl (C=O) groups is 1. The van der Waals surface area contributed by atoms with Crippen molar-refractivity contribution >= 4 is 22.2 Å². The van der Waals surface area contributed by atoms with Gasteiger partial charge in [-0.3, -0.25) is 9.69 Å². The number of halogens is 1. The number of aromatic nitrogens is 3. The standard InChI is InChI=1S/C18H20FN5O2S/c1-10-21-18-24(22-10)17(26)15(27-18)14(11-2-4-13(19)5-3-11)23-8-6-12(7-9-23)16(20)25/h2-5,12,14,26H,6-9H2,1H3,(H2,20,25)/t14-/m1/s1. The maximum absolute atomic E-state index is 13.4. The zero-order valence-electron chi connectivity index (χ0n) is 14.8. The van der Waals surface area contributed by atoms with Crippen molar-refractivity contribution in [3.63, 3.8) is 0 Å². The fraction of sp³-hybridized carbons (Fsp3) is 0.389. The van der Waals surface area contributed by atoms with Gasteiger partial charge in [-0.15, -0.1) is 5.10 Å². The topological polar surface area (TPSA) is 96.8 Å². The highest BCUT2D eigenvalue weighted by molar-refractivity contribution is 7.17. The van der Waals surface area contributed by atoms with E-state index in [2.05, 4.69) is 15.0 Å². The van der Waals surface area contributed by atoms with Gasteiger partial charge in [-0.2, -0.15) is 4.52 Å². The zero-order valence-corrected chi connectivity index (χ0v) is 15.6. The molecule has 0 spiro atoms. The molecular weight excluding hydrogens is 369 g/mol. The van der Waals surface area contributed by atoms with E-state index in [-0.39, 0.29) is 29.6 Å². The fourth-order valence-electron chi connectivity index (χ4n) is 3.64. The minimum atomic E-state index is -0.313. The predicted octanol–water partition coefficient (Wildman–Crippen LogP) is 2.23. The Hall–Kier alpha value is -2.52. The molecule has 0 aliphatic carbocycles. The Labute approximate surface area is 159 Å². The van der Waals surface area contributed by atoms with Crippen LogP contribution in [0.5, 0.6) is 5.88 Å². The highest BCUT2D eigenvalue weighted by Crippen LogP contribution is 2.41. The quantitative estimate of drug-likeness (QED) is 0.713. The van der Waals surface area contributed by atoms with Gasteiger partial charge in [0.1, 0.15) is 11.6 Å². The van der Waals surface area contributed by atoms with Crippen molar-refractivity contribution < 1.29 is 14.3 Å². The molecule has 3 heterocycles. The van der Waals surface area contributed by atoms with Crippen molar-refractivity contribution in [1.29, 1.82) is 0 Å². The average Bonchev–Trinajstić information content (AvgIpc) is 3.15. The lowest BCUT2D eigenvalue weighted by molar-refractivity contribution is -0.123. The summed E-state index contributed by atoms with van der Waals surface area (Å²) < 4.78 is 14.9. The Kier molecular flexibility index (Phi) is 4.56. The molecule has 1 amide bonds. The normalized spacial score (nSPS) is 17.4. The molecule has 1 fully saturated rings. The molecule has 7 nitrogen and oxygen atoms in total. The molecule has 0 bridgehead atoms. The summed E-state index contributed by atoms with van der Waals surface area (Å²) >= 11 is 1.36. The molecule has 1 aliphatic rings. The van der Waals surface area contributed by atoms with E-state index < -0.39 is 0 Å². The molecule has 0 saturated carbocycles. The lowest BCUT2D eigenvalue weighted by Crippen LogP contribution is -2.40. The monoisotopic (exact) mass is 389 g/mol. The van der Waals surface area contributed by atoms with Gasteiger partial charge in [0.2, 0.25) is 16.7 Å². The molecule has 142 valence electrons. The summed E-state index contributed by atoms with van der Waals surface area (Å²) in [7, 11) is 0. The van der Waals surface area contributed by atoms with Gasteiger partial charge in [0.15, 0.2) is 0 Å². The first kappa shape index (κ1) is 17.9. The molecule has 1 aromatic carbocycles. The van der Waals surface area contributed by atoms with E-state index in [0.29, 0.717) is 41.6 Å². The number of rotatable bonds is 4. The highest BCUT2D eigenvalue weighted by Gasteiger charge is 2.33. The highest BCUT2D eigenvalue weighted by atomic mass is 32.1. The third-order valence-corrected chi connectivity index (χ3v) is 6.11. The van der Waals surface area contributed by atoms with Crippen LogP contribution >= 0.6 is 11.3 Å². The molecule has 3 aromatic rings. The van der Waals surface area contributed by atoms with Crippen LogP contribution in [0.25, 0.3) is 4.96 Å². The number of fused-ring (bicyclic) bond motifs is 1. The molecule has 1 aliphatic heterocycles. The zero-order chi connectivity index (χ0) is 19.1. The summed E-state index contributed by atoms with van der Waals surface area (Å²) in [5.41, 5.74) is 6.31. The van der Waals surface area contributed by atoms with Crippen LogP contribution < -0.4 is 5.73 Å². The van der Waals surface area contributed by atoms with Crippen LogP contribution in [0.1, 0.15) is 35.1 Å². The number of primary amides is 1. The number of hydrogen-bond acceptors (Lipinski definition) is 6. The smallest absolute Gasteiger partial charge is 0.230 e. The van der Waals surface area contributed by atoms with E-state index >= 15 is 0 Å². The minimum Gasteiger partial charge on any atom is -0.492 e. The maximum Gasteiger partial charge on any atom is 0.230 e. The largest absolute Gasteiger partial charge is 0.492 e. The summed E-state index contributed by atoms with van der Waals surface area (Å²) in [6.45, 7) is 3.08. The molecule has 1 saturated heterocycles. The Morgan fingerprint density at radius 1 is 1.33 bits per heavy atom. The molecular formula is C18H20FN5O2S. The Bertz CT molecular complexity index is 976. The average molecular weight is 389 g/mol. The van der Waals surface area contributed by atoms with Crippen LogP contribution in [0.2, 0.25) is 0 Å². The number of aryl methyl sites for hydroxylation is 1. The molecule has 1 atom stereocenters. The molecule has 0 unspecified atom stereocenters. The van der Waals surface area contributed by atoms with Crippen LogP contribution in [-0.4, -0.2) is 43.6 Å². The summed E-state index contributed by atoms with van der Waals surface area (Å²) in [4.78, 5) is 19.3. The Morgan fingerprint density at radius 3 is 2.59 bits per heavy atom. The number of piperidine rings is 1. The maximum atomic E-state index is 13.4. The summed E-state index contributed by atoms with van der Waals surface area (Å²) in [6, 6.07) is 6.00. The molecule has 3 N–H and O–H groups in total. The van der Waals surface area contributed by atoms with Crippen LogP contribution in [-0.2, 0) is 4.79 Å². The van der Waals surface area contributed by atoms with E-state index in [1.807, 2.05) is 0 Å². The van der Waals surface area contributed by atoms with Crippen LogP contribution in [0, 0.1) is 18.7 Å². The van der Waals surface area contributed by atoms with E-state index in [1.54, 1.807) is 19.1 Å². The Morgan fingerprint density at radius 2 is 2.00 bits per heavy atom. The second-order valence-electron chi connectivity index (χ2n) is 6.81. The number of thiazole rings is 1.